The van der Waals surface area contributed by atoms with Gasteiger partial charge in [0.2, 0.25) is 15.9 Å². The fourth-order valence-electron chi connectivity index (χ4n) is 3.08. The first-order chi connectivity index (χ1) is 11.6. The molecule has 0 atom stereocenters. The number of benzene rings is 1. The molecule has 2 heterocycles. The Hall–Kier alpha value is -1.86. The van der Waals surface area contributed by atoms with E-state index in [9.17, 15) is 13.2 Å². The predicted molar refractivity (Wildman–Crippen MR) is 94.2 cm³/mol. The molecule has 1 saturated heterocycles. The fraction of sp³-hybridized carbons (Fsp3) is 0.471. The summed E-state index contributed by atoms with van der Waals surface area (Å²) in [6, 6.07) is 8.07. The summed E-state index contributed by atoms with van der Waals surface area (Å²) in [4.78, 5) is 15.2. The van der Waals surface area contributed by atoms with Crippen LogP contribution in [0.15, 0.2) is 30.5 Å². The number of aromatic amines is 1. The zero-order valence-corrected chi connectivity index (χ0v) is 14.4. The van der Waals surface area contributed by atoms with Crippen molar-refractivity contribution in [1.29, 1.82) is 0 Å². The number of sulfonamides is 1. The van der Waals surface area contributed by atoms with Gasteiger partial charge in [-0.05, 0) is 30.9 Å². The van der Waals surface area contributed by atoms with Crippen molar-refractivity contribution < 1.29 is 13.2 Å². The molecule has 6 nitrogen and oxygen atoms in total. The van der Waals surface area contributed by atoms with E-state index in [0.29, 0.717) is 13.1 Å². The van der Waals surface area contributed by atoms with Crippen molar-refractivity contribution >= 4 is 26.8 Å². The maximum Gasteiger partial charge on any atom is 0.221 e. The number of aromatic nitrogens is 1. The van der Waals surface area contributed by atoms with Gasteiger partial charge in [0, 0.05) is 43.2 Å². The van der Waals surface area contributed by atoms with Crippen LogP contribution in [0.4, 0.5) is 0 Å². The highest BCUT2D eigenvalue weighted by Gasteiger charge is 2.25. The Kier molecular flexibility index (Phi) is 5.20. The van der Waals surface area contributed by atoms with Crippen LogP contribution >= 0.6 is 0 Å². The third kappa shape index (κ3) is 3.96. The summed E-state index contributed by atoms with van der Waals surface area (Å²) in [6.45, 7) is 1.36. The van der Waals surface area contributed by atoms with Gasteiger partial charge in [-0.1, -0.05) is 18.2 Å². The first kappa shape index (κ1) is 17.0. The molecule has 0 bridgehead atoms. The average Bonchev–Trinajstić information content (AvgIpc) is 2.97. The van der Waals surface area contributed by atoms with Gasteiger partial charge in [0.15, 0.2) is 0 Å². The van der Waals surface area contributed by atoms with Crippen LogP contribution in [-0.4, -0.2) is 49.0 Å². The number of para-hydroxylation sites is 1. The Bertz CT molecular complexity index is 813. The van der Waals surface area contributed by atoms with Crippen LogP contribution < -0.4 is 5.32 Å². The molecule has 0 radical (unpaired) electrons. The van der Waals surface area contributed by atoms with Gasteiger partial charge in [-0.2, -0.15) is 0 Å². The molecule has 24 heavy (non-hydrogen) atoms. The van der Waals surface area contributed by atoms with Crippen LogP contribution in [0.25, 0.3) is 10.9 Å². The molecule has 0 unspecified atom stereocenters. The van der Waals surface area contributed by atoms with Crippen LogP contribution in [0.1, 0.15) is 24.8 Å². The van der Waals surface area contributed by atoms with Crippen molar-refractivity contribution in [2.75, 3.05) is 25.4 Å². The van der Waals surface area contributed by atoms with Crippen LogP contribution in [0.3, 0.4) is 0 Å². The van der Waals surface area contributed by atoms with Gasteiger partial charge in [-0.15, -0.1) is 0 Å². The number of amides is 1. The number of carbonyl (C=O) groups excluding carboxylic acids is 1. The summed E-state index contributed by atoms with van der Waals surface area (Å²) in [7, 11) is -3.15. The highest BCUT2D eigenvalue weighted by atomic mass is 32.2. The van der Waals surface area contributed by atoms with Crippen LogP contribution in [0.5, 0.6) is 0 Å². The first-order valence-corrected chi connectivity index (χ1v) is 9.97. The number of hydrogen-bond donors (Lipinski definition) is 2. The van der Waals surface area contributed by atoms with E-state index in [4.69, 9.17) is 0 Å². The third-order valence-electron chi connectivity index (χ3n) is 4.43. The Morgan fingerprint density at radius 1 is 1.25 bits per heavy atom. The summed E-state index contributed by atoms with van der Waals surface area (Å²) >= 11 is 0. The van der Waals surface area contributed by atoms with Gasteiger partial charge in [-0.3, -0.25) is 4.79 Å². The SMILES string of the molecule is O=C(CCN1CCCCS1(=O)=O)NCCc1c[nH]c2ccccc12. The number of carbonyl (C=O) groups is 1. The first-order valence-electron chi connectivity index (χ1n) is 8.36. The molecule has 1 amide bonds. The minimum atomic E-state index is -3.15. The highest BCUT2D eigenvalue weighted by molar-refractivity contribution is 7.89. The largest absolute Gasteiger partial charge is 0.361 e. The molecule has 0 saturated carbocycles. The zero-order chi connectivity index (χ0) is 17.0. The van der Waals surface area contributed by atoms with E-state index in [0.717, 1.165) is 24.8 Å². The monoisotopic (exact) mass is 349 g/mol. The summed E-state index contributed by atoms with van der Waals surface area (Å²) in [5.41, 5.74) is 2.26. The Labute approximate surface area is 142 Å². The number of nitrogens with one attached hydrogen (secondary N) is 2. The lowest BCUT2D eigenvalue weighted by atomic mass is 10.1. The van der Waals surface area contributed by atoms with E-state index < -0.39 is 10.0 Å². The molecule has 130 valence electrons. The molecule has 1 aromatic carbocycles. The van der Waals surface area contributed by atoms with Crippen LogP contribution in [-0.2, 0) is 21.2 Å². The van der Waals surface area contributed by atoms with Gasteiger partial charge in [0.05, 0.1) is 5.75 Å². The summed E-state index contributed by atoms with van der Waals surface area (Å²) in [6.07, 6.45) is 4.53. The topological polar surface area (TPSA) is 82.3 Å². The van der Waals surface area contributed by atoms with Crippen molar-refractivity contribution in [3.8, 4) is 0 Å². The molecule has 0 spiro atoms. The molecular formula is C17H23N3O3S. The number of H-pyrrole nitrogens is 1. The second kappa shape index (κ2) is 7.36. The van der Waals surface area contributed by atoms with E-state index in [-0.39, 0.29) is 24.6 Å². The number of hydrogen-bond acceptors (Lipinski definition) is 3. The van der Waals surface area contributed by atoms with Gasteiger partial charge in [0.25, 0.3) is 0 Å². The number of nitrogens with zero attached hydrogens (tertiary/aromatic N) is 1. The minimum Gasteiger partial charge on any atom is -0.361 e. The van der Waals surface area contributed by atoms with Crippen molar-refractivity contribution in [3.63, 3.8) is 0 Å². The lowest BCUT2D eigenvalue weighted by Gasteiger charge is -2.25. The van der Waals surface area contributed by atoms with Gasteiger partial charge in [-0.25, -0.2) is 12.7 Å². The second-order valence-electron chi connectivity index (χ2n) is 6.13. The summed E-state index contributed by atoms with van der Waals surface area (Å²) < 4.78 is 25.2. The van der Waals surface area contributed by atoms with E-state index in [2.05, 4.69) is 16.4 Å². The van der Waals surface area contributed by atoms with Crippen molar-refractivity contribution in [1.82, 2.24) is 14.6 Å². The predicted octanol–water partition coefficient (Wildman–Crippen LogP) is 1.64. The molecule has 2 aromatic rings. The molecule has 2 N–H and O–H groups in total. The normalized spacial score (nSPS) is 17.8. The molecule has 0 aliphatic carbocycles. The van der Waals surface area contributed by atoms with E-state index >= 15 is 0 Å². The van der Waals surface area contributed by atoms with Crippen LogP contribution in [0, 0.1) is 0 Å². The Morgan fingerprint density at radius 2 is 2.08 bits per heavy atom. The van der Waals surface area contributed by atoms with E-state index in [1.54, 1.807) is 0 Å². The summed E-state index contributed by atoms with van der Waals surface area (Å²) in [5, 5.41) is 4.05. The summed E-state index contributed by atoms with van der Waals surface area (Å²) in [5.74, 6) is 0.102. The highest BCUT2D eigenvalue weighted by Crippen LogP contribution is 2.17. The number of rotatable bonds is 6. The molecule has 3 rings (SSSR count). The lowest BCUT2D eigenvalue weighted by molar-refractivity contribution is -0.121. The van der Waals surface area contributed by atoms with Gasteiger partial charge < -0.3 is 10.3 Å². The van der Waals surface area contributed by atoms with Gasteiger partial charge in [0.1, 0.15) is 0 Å². The standard InChI is InChI=1S/C17H23N3O3S/c21-17(8-11-20-10-3-4-12-24(20,22)23)18-9-7-14-13-19-16-6-2-1-5-15(14)16/h1-2,5-6,13,19H,3-4,7-12H2,(H,18,21). The lowest BCUT2D eigenvalue weighted by Crippen LogP contribution is -2.40. The van der Waals surface area contributed by atoms with Crippen molar-refractivity contribution in [3.05, 3.63) is 36.0 Å². The fourth-order valence-corrected chi connectivity index (χ4v) is 4.69. The molecule has 7 heteroatoms. The average molecular weight is 349 g/mol. The van der Waals surface area contributed by atoms with E-state index in [1.165, 1.54) is 15.3 Å². The van der Waals surface area contributed by atoms with Crippen LogP contribution in [0.2, 0.25) is 0 Å². The Morgan fingerprint density at radius 3 is 2.92 bits per heavy atom. The van der Waals surface area contributed by atoms with E-state index in [1.807, 2.05) is 24.4 Å². The maximum absolute atomic E-state index is 11.9. The molecule has 1 fully saturated rings. The Balaban J connectivity index is 1.44. The molecule has 1 aromatic heterocycles. The molecular weight excluding hydrogens is 326 g/mol. The van der Waals surface area contributed by atoms with Gasteiger partial charge >= 0.3 is 0 Å². The number of fused-ring (bicyclic) bond motifs is 1. The molecule has 1 aliphatic rings. The quantitative estimate of drug-likeness (QED) is 0.832. The molecule has 1 aliphatic heterocycles. The second-order valence-corrected chi connectivity index (χ2v) is 8.22. The minimum absolute atomic E-state index is 0.101. The maximum atomic E-state index is 11.9. The van der Waals surface area contributed by atoms with Crippen molar-refractivity contribution in [2.24, 2.45) is 0 Å². The third-order valence-corrected chi connectivity index (χ3v) is 6.39. The smallest absolute Gasteiger partial charge is 0.221 e. The van der Waals surface area contributed by atoms with Crippen molar-refractivity contribution in [2.45, 2.75) is 25.7 Å². The zero-order valence-electron chi connectivity index (χ0n) is 13.6.